The van der Waals surface area contributed by atoms with Gasteiger partial charge in [0.2, 0.25) is 5.69 Å². The van der Waals surface area contributed by atoms with Gasteiger partial charge >= 0.3 is 11.7 Å². The van der Waals surface area contributed by atoms with Gasteiger partial charge in [0.25, 0.3) is 0 Å². The lowest BCUT2D eigenvalue weighted by atomic mass is 10.1. The van der Waals surface area contributed by atoms with Crippen molar-refractivity contribution in [2.45, 2.75) is 26.3 Å². The molecule has 0 fully saturated rings. The van der Waals surface area contributed by atoms with Gasteiger partial charge in [0.05, 0.1) is 11.5 Å². The van der Waals surface area contributed by atoms with Crippen LogP contribution in [0.3, 0.4) is 0 Å². The highest BCUT2D eigenvalue weighted by Gasteiger charge is 2.27. The van der Waals surface area contributed by atoms with Crippen molar-refractivity contribution in [3.63, 3.8) is 0 Å². The van der Waals surface area contributed by atoms with E-state index in [0.717, 1.165) is 19.0 Å². The van der Waals surface area contributed by atoms with Gasteiger partial charge in [-0.15, -0.1) is 0 Å². The zero-order chi connectivity index (χ0) is 15.9. The van der Waals surface area contributed by atoms with Gasteiger partial charge in [0.1, 0.15) is 6.20 Å². The number of carbonyl (C=O) groups is 1. The first-order chi connectivity index (χ1) is 10.6. The summed E-state index contributed by atoms with van der Waals surface area (Å²) >= 11 is 0. The Labute approximate surface area is 127 Å². The van der Waals surface area contributed by atoms with E-state index in [1.54, 1.807) is 6.92 Å². The van der Waals surface area contributed by atoms with Gasteiger partial charge in [0.15, 0.2) is 0 Å². The number of hydrogen-bond donors (Lipinski definition) is 0. The third-order valence-electron chi connectivity index (χ3n) is 3.16. The highest BCUT2D eigenvalue weighted by atomic mass is 16.6. The van der Waals surface area contributed by atoms with Crippen molar-refractivity contribution in [2.24, 2.45) is 0 Å². The Hall–Kier alpha value is -2.70. The van der Waals surface area contributed by atoms with Gasteiger partial charge in [-0.25, -0.2) is 4.79 Å². The van der Waals surface area contributed by atoms with E-state index >= 15 is 0 Å². The van der Waals surface area contributed by atoms with Crippen LogP contribution in [0.4, 0.5) is 5.69 Å². The molecule has 0 bridgehead atoms. The van der Waals surface area contributed by atoms with Gasteiger partial charge in [-0.2, -0.15) is 5.10 Å². The average Bonchev–Trinajstić information content (AvgIpc) is 2.93. The molecule has 7 nitrogen and oxygen atoms in total. The molecule has 0 aliphatic rings. The summed E-state index contributed by atoms with van der Waals surface area (Å²) in [6.45, 7) is 2.22. The van der Waals surface area contributed by atoms with Crippen molar-refractivity contribution in [1.29, 1.82) is 0 Å². The van der Waals surface area contributed by atoms with Crippen LogP contribution in [0.15, 0.2) is 36.5 Å². The smallest absolute Gasteiger partial charge is 0.363 e. The van der Waals surface area contributed by atoms with E-state index in [9.17, 15) is 14.9 Å². The van der Waals surface area contributed by atoms with Crippen molar-refractivity contribution in [3.8, 4) is 0 Å². The number of esters is 1. The number of benzene rings is 1. The number of carbonyl (C=O) groups excluding carboxylic acids is 1. The van der Waals surface area contributed by atoms with E-state index in [1.807, 2.05) is 30.3 Å². The van der Waals surface area contributed by atoms with Crippen LogP contribution in [0.5, 0.6) is 0 Å². The van der Waals surface area contributed by atoms with Crippen LogP contribution in [0, 0.1) is 10.1 Å². The number of aromatic nitrogens is 2. The Balaban J connectivity index is 2.10. The lowest BCUT2D eigenvalue weighted by molar-refractivity contribution is -0.385. The first-order valence-electron chi connectivity index (χ1n) is 7.04. The lowest BCUT2D eigenvalue weighted by Gasteiger charge is -2.06. The Morgan fingerprint density at radius 3 is 2.73 bits per heavy atom. The minimum absolute atomic E-state index is 0.0973. The zero-order valence-electron chi connectivity index (χ0n) is 12.3. The van der Waals surface area contributed by atoms with E-state index in [1.165, 1.54) is 10.2 Å². The molecule has 0 saturated heterocycles. The van der Waals surface area contributed by atoms with Crippen molar-refractivity contribution >= 4 is 11.7 Å². The molecule has 0 atom stereocenters. The third-order valence-corrected chi connectivity index (χ3v) is 3.16. The first kappa shape index (κ1) is 15.7. The standard InChI is InChI=1S/C15H17N3O4/c1-2-22-15(19)14-13(18(20)21)11-16-17(14)10-6-9-12-7-4-3-5-8-12/h3-5,7-8,11H,2,6,9-10H2,1H3. The predicted octanol–water partition coefficient (Wildman–Crippen LogP) is 2.60. The molecule has 0 saturated carbocycles. The van der Waals surface area contributed by atoms with Crippen LogP contribution in [0.25, 0.3) is 0 Å². The summed E-state index contributed by atoms with van der Waals surface area (Å²) < 4.78 is 6.22. The van der Waals surface area contributed by atoms with Gasteiger partial charge in [0, 0.05) is 6.54 Å². The fourth-order valence-corrected chi connectivity index (χ4v) is 2.17. The van der Waals surface area contributed by atoms with Gasteiger partial charge in [-0.3, -0.25) is 14.8 Å². The minimum atomic E-state index is -0.716. The molecule has 116 valence electrons. The quantitative estimate of drug-likeness (QED) is 0.446. The molecular weight excluding hydrogens is 286 g/mol. The van der Waals surface area contributed by atoms with Gasteiger partial charge < -0.3 is 4.74 Å². The van der Waals surface area contributed by atoms with Crippen LogP contribution in [0.1, 0.15) is 29.4 Å². The third kappa shape index (κ3) is 3.69. The summed E-state index contributed by atoms with van der Waals surface area (Å²) in [7, 11) is 0. The van der Waals surface area contributed by atoms with Crippen LogP contribution >= 0.6 is 0 Å². The van der Waals surface area contributed by atoms with E-state index in [4.69, 9.17) is 4.74 Å². The molecule has 0 unspecified atom stereocenters. The number of hydrogen-bond acceptors (Lipinski definition) is 5. The summed E-state index contributed by atoms with van der Waals surface area (Å²) in [6, 6.07) is 9.88. The second-order valence-corrected chi connectivity index (χ2v) is 4.67. The van der Waals surface area contributed by atoms with Crippen LogP contribution < -0.4 is 0 Å². The Kier molecular flexibility index (Phi) is 5.24. The maximum atomic E-state index is 11.9. The minimum Gasteiger partial charge on any atom is -0.461 e. The molecule has 2 rings (SSSR count). The second-order valence-electron chi connectivity index (χ2n) is 4.67. The normalized spacial score (nSPS) is 10.4. The molecule has 1 aromatic heterocycles. The molecule has 22 heavy (non-hydrogen) atoms. The first-order valence-corrected chi connectivity index (χ1v) is 7.04. The summed E-state index contributed by atoms with van der Waals surface area (Å²) in [6.07, 6.45) is 2.61. The molecule has 1 heterocycles. The highest BCUT2D eigenvalue weighted by Crippen LogP contribution is 2.19. The fourth-order valence-electron chi connectivity index (χ4n) is 2.17. The lowest BCUT2D eigenvalue weighted by Crippen LogP contribution is -2.15. The molecular formula is C15H17N3O4. The topological polar surface area (TPSA) is 87.3 Å². The summed E-state index contributed by atoms with van der Waals surface area (Å²) in [5.74, 6) is -0.716. The van der Waals surface area contributed by atoms with Crippen LogP contribution in [-0.4, -0.2) is 27.3 Å². The second kappa shape index (κ2) is 7.35. The highest BCUT2D eigenvalue weighted by molar-refractivity contribution is 5.91. The zero-order valence-corrected chi connectivity index (χ0v) is 12.3. The van der Waals surface area contributed by atoms with Crippen molar-refractivity contribution < 1.29 is 14.5 Å². The molecule has 0 spiro atoms. The number of nitrogens with zero attached hydrogens (tertiary/aromatic N) is 3. The number of rotatable bonds is 7. The maximum absolute atomic E-state index is 11.9. The van der Waals surface area contributed by atoms with Crippen molar-refractivity contribution in [2.75, 3.05) is 6.61 Å². The Morgan fingerprint density at radius 2 is 2.09 bits per heavy atom. The summed E-state index contributed by atoms with van der Waals surface area (Å²) in [4.78, 5) is 22.3. The van der Waals surface area contributed by atoms with E-state index in [2.05, 4.69) is 5.10 Å². The largest absolute Gasteiger partial charge is 0.461 e. The number of ether oxygens (including phenoxy) is 1. The van der Waals surface area contributed by atoms with E-state index < -0.39 is 10.9 Å². The van der Waals surface area contributed by atoms with Gasteiger partial charge in [-0.1, -0.05) is 30.3 Å². The molecule has 2 aromatic rings. The Morgan fingerprint density at radius 1 is 1.36 bits per heavy atom. The summed E-state index contributed by atoms with van der Waals surface area (Å²) in [5, 5.41) is 14.9. The summed E-state index contributed by atoms with van der Waals surface area (Å²) in [5.41, 5.74) is 0.750. The van der Waals surface area contributed by atoms with E-state index in [0.29, 0.717) is 6.54 Å². The Bertz CT molecular complexity index is 652. The molecule has 0 radical (unpaired) electrons. The van der Waals surface area contributed by atoms with E-state index in [-0.39, 0.29) is 18.0 Å². The SMILES string of the molecule is CCOC(=O)c1c([N+](=O)[O-])cnn1CCCc1ccccc1. The van der Waals surface area contributed by atoms with Crippen LogP contribution in [-0.2, 0) is 17.7 Å². The molecule has 0 aliphatic heterocycles. The number of aryl methyl sites for hydroxylation is 2. The molecule has 0 N–H and O–H groups in total. The molecule has 0 aliphatic carbocycles. The number of nitro groups is 1. The average molecular weight is 303 g/mol. The molecule has 1 aromatic carbocycles. The molecule has 0 amide bonds. The fraction of sp³-hybridized carbons (Fsp3) is 0.333. The predicted molar refractivity (Wildman–Crippen MR) is 79.6 cm³/mol. The van der Waals surface area contributed by atoms with Crippen LogP contribution in [0.2, 0.25) is 0 Å². The van der Waals surface area contributed by atoms with Crippen molar-refractivity contribution in [3.05, 3.63) is 57.9 Å². The maximum Gasteiger partial charge on any atom is 0.363 e. The van der Waals surface area contributed by atoms with Gasteiger partial charge in [-0.05, 0) is 25.3 Å². The molecule has 7 heteroatoms. The van der Waals surface area contributed by atoms with Crippen molar-refractivity contribution in [1.82, 2.24) is 9.78 Å². The monoisotopic (exact) mass is 303 g/mol.